The Labute approximate surface area is 95.9 Å². The summed E-state index contributed by atoms with van der Waals surface area (Å²) in [5, 5.41) is 0. The highest BCUT2D eigenvalue weighted by Gasteiger charge is 2.60. The summed E-state index contributed by atoms with van der Waals surface area (Å²) in [6.45, 7) is 5.88. The monoisotopic (exact) mass is 222 g/mol. The lowest BCUT2D eigenvalue weighted by atomic mass is 9.70. The van der Waals surface area contributed by atoms with Gasteiger partial charge < -0.3 is 4.74 Å². The van der Waals surface area contributed by atoms with Crippen LogP contribution in [0.2, 0.25) is 0 Å². The molecule has 88 valence electrons. The summed E-state index contributed by atoms with van der Waals surface area (Å²) in [4.78, 5) is 24.3. The van der Waals surface area contributed by atoms with E-state index in [9.17, 15) is 9.59 Å². The zero-order valence-corrected chi connectivity index (χ0v) is 9.70. The number of allylic oxidation sites excluding steroid dienone is 1. The molecule has 3 atom stereocenters. The third-order valence-electron chi connectivity index (χ3n) is 4.03. The van der Waals surface area contributed by atoms with E-state index in [1.165, 1.54) is 0 Å². The van der Waals surface area contributed by atoms with Gasteiger partial charge in [0.1, 0.15) is 5.41 Å². The number of esters is 1. The van der Waals surface area contributed by atoms with Gasteiger partial charge in [-0.3, -0.25) is 9.59 Å². The molecular weight excluding hydrogens is 204 g/mol. The van der Waals surface area contributed by atoms with Crippen LogP contribution >= 0.6 is 0 Å². The van der Waals surface area contributed by atoms with Crippen LogP contribution in [-0.2, 0) is 14.3 Å². The molecule has 2 fully saturated rings. The number of hydrogen-bond acceptors (Lipinski definition) is 3. The Kier molecular flexibility index (Phi) is 2.87. The Bertz CT molecular complexity index is 334. The van der Waals surface area contributed by atoms with Crippen LogP contribution in [-0.4, -0.2) is 18.4 Å². The molecule has 16 heavy (non-hydrogen) atoms. The largest absolute Gasteiger partial charge is 0.465 e. The van der Waals surface area contributed by atoms with Gasteiger partial charge in [-0.1, -0.05) is 12.5 Å². The van der Waals surface area contributed by atoms with E-state index in [0.29, 0.717) is 13.0 Å². The van der Waals surface area contributed by atoms with Crippen molar-refractivity contribution in [2.75, 3.05) is 6.61 Å². The predicted molar refractivity (Wildman–Crippen MR) is 59.7 cm³/mol. The van der Waals surface area contributed by atoms with Crippen LogP contribution < -0.4 is 0 Å². The minimum atomic E-state index is -0.888. The molecule has 0 aromatic rings. The van der Waals surface area contributed by atoms with Crippen molar-refractivity contribution in [1.29, 1.82) is 0 Å². The third kappa shape index (κ3) is 1.34. The molecule has 0 aromatic heterocycles. The Morgan fingerprint density at radius 2 is 2.44 bits per heavy atom. The topological polar surface area (TPSA) is 43.4 Å². The number of ketones is 1. The molecule has 2 aliphatic carbocycles. The van der Waals surface area contributed by atoms with Gasteiger partial charge in [-0.25, -0.2) is 0 Å². The number of fused-ring (bicyclic) bond motifs is 2. The summed E-state index contributed by atoms with van der Waals surface area (Å²) in [6, 6.07) is 0. The number of carbonyl (C=O) groups is 2. The molecule has 2 bridgehead atoms. The van der Waals surface area contributed by atoms with Crippen LogP contribution in [0.4, 0.5) is 0 Å². The van der Waals surface area contributed by atoms with Crippen molar-refractivity contribution < 1.29 is 14.3 Å². The van der Waals surface area contributed by atoms with E-state index >= 15 is 0 Å². The summed E-state index contributed by atoms with van der Waals surface area (Å²) >= 11 is 0. The first kappa shape index (κ1) is 11.4. The molecule has 2 rings (SSSR count). The molecule has 0 spiro atoms. The Morgan fingerprint density at radius 1 is 1.69 bits per heavy atom. The molecule has 0 amide bonds. The number of Topliss-reactive ketones (excluding diaryl/α,β-unsaturated/α-hetero) is 1. The highest BCUT2D eigenvalue weighted by atomic mass is 16.5. The standard InChI is InChI=1S/C13H18O3/c1-3-10-8-9-6-5-7-13(10,11(9)14)12(15)16-4-2/h3,9-10H,1,4-8H2,2H3/t9-,10+,13-/m1/s1. The van der Waals surface area contributed by atoms with E-state index in [1.54, 1.807) is 13.0 Å². The van der Waals surface area contributed by atoms with Crippen LogP contribution in [0.3, 0.4) is 0 Å². The highest BCUT2D eigenvalue weighted by Crippen LogP contribution is 2.53. The van der Waals surface area contributed by atoms with E-state index in [2.05, 4.69) is 6.58 Å². The van der Waals surface area contributed by atoms with Crippen molar-refractivity contribution in [1.82, 2.24) is 0 Å². The van der Waals surface area contributed by atoms with Gasteiger partial charge >= 0.3 is 5.97 Å². The van der Waals surface area contributed by atoms with Crippen LogP contribution in [0.25, 0.3) is 0 Å². The lowest BCUT2D eigenvalue weighted by Crippen LogP contribution is -2.44. The average Bonchev–Trinajstić information content (AvgIpc) is 2.47. The fourth-order valence-electron chi connectivity index (χ4n) is 3.26. The van der Waals surface area contributed by atoms with Crippen molar-refractivity contribution in [3.05, 3.63) is 12.7 Å². The van der Waals surface area contributed by atoms with Gasteiger partial charge in [0.15, 0.2) is 5.78 Å². The van der Waals surface area contributed by atoms with E-state index in [-0.39, 0.29) is 23.6 Å². The van der Waals surface area contributed by atoms with Gasteiger partial charge in [-0.2, -0.15) is 0 Å². The number of hydrogen-bond donors (Lipinski definition) is 0. The summed E-state index contributed by atoms with van der Waals surface area (Å²) in [6.07, 6.45) is 5.04. The molecule has 0 radical (unpaired) electrons. The van der Waals surface area contributed by atoms with E-state index in [4.69, 9.17) is 4.74 Å². The van der Waals surface area contributed by atoms with Crippen molar-refractivity contribution in [2.24, 2.45) is 17.3 Å². The summed E-state index contributed by atoms with van der Waals surface area (Å²) in [5.41, 5.74) is -0.888. The van der Waals surface area contributed by atoms with Crippen molar-refractivity contribution >= 4 is 11.8 Å². The van der Waals surface area contributed by atoms with Crippen LogP contribution in [0.5, 0.6) is 0 Å². The maximum atomic E-state index is 12.2. The molecule has 0 N–H and O–H groups in total. The normalized spacial score (nSPS) is 37.2. The molecule has 2 saturated carbocycles. The van der Waals surface area contributed by atoms with Gasteiger partial charge in [-0.05, 0) is 26.2 Å². The Hall–Kier alpha value is -1.12. The molecule has 3 nitrogen and oxygen atoms in total. The van der Waals surface area contributed by atoms with Crippen molar-refractivity contribution in [3.8, 4) is 0 Å². The molecule has 0 saturated heterocycles. The maximum absolute atomic E-state index is 12.2. The Balaban J connectivity index is 2.36. The minimum Gasteiger partial charge on any atom is -0.465 e. The molecule has 0 aromatic carbocycles. The maximum Gasteiger partial charge on any atom is 0.320 e. The van der Waals surface area contributed by atoms with Gasteiger partial charge in [-0.15, -0.1) is 6.58 Å². The number of carbonyl (C=O) groups excluding carboxylic acids is 2. The highest BCUT2D eigenvalue weighted by molar-refractivity contribution is 6.07. The van der Waals surface area contributed by atoms with Gasteiger partial charge in [0, 0.05) is 11.8 Å². The second-order valence-corrected chi connectivity index (χ2v) is 4.72. The first-order valence-corrected chi connectivity index (χ1v) is 6.01. The van der Waals surface area contributed by atoms with Crippen LogP contribution in [0.15, 0.2) is 12.7 Å². The quantitative estimate of drug-likeness (QED) is 0.417. The first-order chi connectivity index (χ1) is 7.66. The lowest BCUT2D eigenvalue weighted by molar-refractivity contribution is -0.162. The number of ether oxygens (including phenoxy) is 1. The molecule has 0 aliphatic heterocycles. The fourth-order valence-corrected chi connectivity index (χ4v) is 3.26. The van der Waals surface area contributed by atoms with Gasteiger partial charge in [0.2, 0.25) is 0 Å². The molecule has 3 heteroatoms. The van der Waals surface area contributed by atoms with Gasteiger partial charge in [0.05, 0.1) is 6.61 Å². The third-order valence-corrected chi connectivity index (χ3v) is 4.03. The zero-order chi connectivity index (χ0) is 11.8. The zero-order valence-electron chi connectivity index (χ0n) is 9.70. The fraction of sp³-hybridized carbons (Fsp3) is 0.692. The van der Waals surface area contributed by atoms with Crippen molar-refractivity contribution in [3.63, 3.8) is 0 Å². The average molecular weight is 222 g/mol. The van der Waals surface area contributed by atoms with Crippen LogP contribution in [0.1, 0.15) is 32.6 Å². The summed E-state index contributed by atoms with van der Waals surface area (Å²) in [7, 11) is 0. The predicted octanol–water partition coefficient (Wildman–Crippen LogP) is 2.11. The summed E-state index contributed by atoms with van der Waals surface area (Å²) in [5.74, 6) is -0.193. The second-order valence-electron chi connectivity index (χ2n) is 4.72. The summed E-state index contributed by atoms with van der Waals surface area (Å²) < 4.78 is 5.10. The van der Waals surface area contributed by atoms with E-state index < -0.39 is 5.41 Å². The molecule has 0 unspecified atom stereocenters. The second kappa shape index (κ2) is 4.04. The van der Waals surface area contributed by atoms with Gasteiger partial charge in [0.25, 0.3) is 0 Å². The van der Waals surface area contributed by atoms with Crippen molar-refractivity contribution in [2.45, 2.75) is 32.6 Å². The van der Waals surface area contributed by atoms with E-state index in [1.807, 2.05) is 0 Å². The Morgan fingerprint density at radius 3 is 3.06 bits per heavy atom. The van der Waals surface area contributed by atoms with Crippen LogP contribution in [0, 0.1) is 17.3 Å². The minimum absolute atomic E-state index is 0.0217. The smallest absolute Gasteiger partial charge is 0.320 e. The molecular formula is C13H18O3. The van der Waals surface area contributed by atoms with E-state index in [0.717, 1.165) is 19.3 Å². The molecule has 0 heterocycles. The SMILES string of the molecule is C=C[C@H]1C[C@H]2CCC[C@]1(C(=O)OCC)C2=O. The molecule has 2 aliphatic rings. The first-order valence-electron chi connectivity index (χ1n) is 6.01. The lowest BCUT2D eigenvalue weighted by Gasteiger charge is -2.32. The number of rotatable bonds is 3.